The fourth-order valence-electron chi connectivity index (χ4n) is 0.727. The summed E-state index contributed by atoms with van der Waals surface area (Å²) in [5.74, 6) is -0.329. The maximum atomic E-state index is 11.2. The third kappa shape index (κ3) is 5.48. The van der Waals surface area contributed by atoms with E-state index in [9.17, 15) is 9.59 Å². The van der Waals surface area contributed by atoms with E-state index in [0.29, 0.717) is 6.42 Å². The van der Waals surface area contributed by atoms with Gasteiger partial charge in [-0.3, -0.25) is 9.59 Å². The summed E-state index contributed by atoms with van der Waals surface area (Å²) in [6.07, 6.45) is 4.94. The first kappa shape index (κ1) is 12.8. The van der Waals surface area contributed by atoms with Gasteiger partial charge in [0.25, 0.3) is 0 Å². The standard InChI is InChI=1S/C10H16NO3/c1-8(2)9(11)10(13)14-7-5-3-4-6-12/h3-4,8-9H,5,7,11H2,1-2H3/b4-3-/t9-/m0/s1. The average Bonchev–Trinajstić information content (AvgIpc) is 2.16. The summed E-state index contributed by atoms with van der Waals surface area (Å²) < 4.78 is 4.87. The molecule has 0 rings (SSSR count). The fraction of sp³-hybridized carbons (Fsp3) is 0.600. The van der Waals surface area contributed by atoms with E-state index >= 15 is 0 Å². The van der Waals surface area contributed by atoms with Crippen LogP contribution in [-0.4, -0.2) is 24.9 Å². The van der Waals surface area contributed by atoms with Crippen LogP contribution in [-0.2, 0) is 14.3 Å². The molecule has 0 unspecified atom stereocenters. The van der Waals surface area contributed by atoms with E-state index in [4.69, 9.17) is 10.5 Å². The van der Waals surface area contributed by atoms with Crippen molar-refractivity contribution in [1.29, 1.82) is 0 Å². The number of rotatable bonds is 6. The van der Waals surface area contributed by atoms with Gasteiger partial charge < -0.3 is 10.5 Å². The van der Waals surface area contributed by atoms with Crippen LogP contribution in [0, 0.1) is 5.92 Å². The van der Waals surface area contributed by atoms with Gasteiger partial charge in [-0.05, 0) is 18.4 Å². The Bertz CT molecular complexity index is 211. The van der Waals surface area contributed by atoms with E-state index in [1.807, 2.05) is 13.8 Å². The van der Waals surface area contributed by atoms with Crippen LogP contribution in [0.25, 0.3) is 0 Å². The number of hydrogen-bond donors (Lipinski definition) is 1. The molecule has 0 heterocycles. The van der Waals surface area contributed by atoms with Crippen molar-refractivity contribution in [2.45, 2.75) is 26.3 Å². The van der Waals surface area contributed by atoms with Crippen molar-refractivity contribution in [2.75, 3.05) is 6.61 Å². The molecule has 79 valence electrons. The molecule has 4 heteroatoms. The second kappa shape index (κ2) is 7.26. The van der Waals surface area contributed by atoms with E-state index in [1.165, 1.54) is 6.08 Å². The van der Waals surface area contributed by atoms with Crippen LogP contribution in [0.2, 0.25) is 0 Å². The van der Waals surface area contributed by atoms with Gasteiger partial charge >= 0.3 is 5.97 Å². The number of esters is 1. The minimum absolute atomic E-state index is 0.0707. The highest BCUT2D eigenvalue weighted by Gasteiger charge is 2.17. The third-order valence-electron chi connectivity index (χ3n) is 1.71. The number of allylic oxidation sites excluding steroid dienone is 1. The van der Waals surface area contributed by atoms with Crippen LogP contribution in [0.3, 0.4) is 0 Å². The quantitative estimate of drug-likeness (QED) is 0.385. The summed E-state index contributed by atoms with van der Waals surface area (Å²) in [6.45, 7) is 3.96. The summed E-state index contributed by atoms with van der Waals surface area (Å²) in [5, 5.41) is 0. The Morgan fingerprint density at radius 2 is 2.21 bits per heavy atom. The summed E-state index contributed by atoms with van der Waals surface area (Å²) in [6, 6.07) is -0.573. The molecule has 0 aliphatic heterocycles. The monoisotopic (exact) mass is 198 g/mol. The summed E-state index contributed by atoms with van der Waals surface area (Å²) >= 11 is 0. The predicted molar refractivity (Wildman–Crippen MR) is 53.2 cm³/mol. The molecule has 0 amide bonds. The van der Waals surface area contributed by atoms with Crippen molar-refractivity contribution in [3.63, 3.8) is 0 Å². The van der Waals surface area contributed by atoms with Crippen molar-refractivity contribution >= 4 is 12.3 Å². The highest BCUT2D eigenvalue weighted by Crippen LogP contribution is 2.00. The van der Waals surface area contributed by atoms with E-state index in [2.05, 4.69) is 0 Å². The van der Waals surface area contributed by atoms with E-state index in [1.54, 1.807) is 12.4 Å². The molecule has 0 saturated carbocycles. The zero-order chi connectivity index (χ0) is 11.0. The van der Waals surface area contributed by atoms with Gasteiger partial charge in [0, 0.05) is 0 Å². The molecule has 0 saturated heterocycles. The Hall–Kier alpha value is -1.16. The van der Waals surface area contributed by atoms with Crippen molar-refractivity contribution in [3.05, 3.63) is 12.2 Å². The topological polar surface area (TPSA) is 69.4 Å². The molecule has 0 aliphatic carbocycles. The molecule has 0 aromatic carbocycles. The van der Waals surface area contributed by atoms with Crippen molar-refractivity contribution in [3.8, 4) is 0 Å². The van der Waals surface area contributed by atoms with Gasteiger partial charge in [-0.1, -0.05) is 19.9 Å². The molecule has 1 radical (unpaired) electrons. The normalized spacial score (nSPS) is 13.1. The van der Waals surface area contributed by atoms with Gasteiger partial charge in [0.1, 0.15) is 6.04 Å². The Morgan fingerprint density at radius 1 is 1.57 bits per heavy atom. The second-order valence-corrected chi connectivity index (χ2v) is 3.25. The van der Waals surface area contributed by atoms with Crippen LogP contribution < -0.4 is 5.73 Å². The van der Waals surface area contributed by atoms with E-state index < -0.39 is 12.0 Å². The van der Waals surface area contributed by atoms with Crippen molar-refractivity contribution in [1.82, 2.24) is 0 Å². The number of ether oxygens (including phenoxy) is 1. The highest BCUT2D eigenvalue weighted by atomic mass is 16.5. The molecule has 0 bridgehead atoms. The molecule has 14 heavy (non-hydrogen) atoms. The smallest absolute Gasteiger partial charge is 0.323 e. The summed E-state index contributed by atoms with van der Waals surface area (Å²) in [5.41, 5.74) is 5.55. The number of hydrogen-bond acceptors (Lipinski definition) is 4. The first-order chi connectivity index (χ1) is 6.59. The number of carbonyl (C=O) groups excluding carboxylic acids is 2. The van der Waals surface area contributed by atoms with Crippen LogP contribution >= 0.6 is 0 Å². The summed E-state index contributed by atoms with van der Waals surface area (Å²) in [4.78, 5) is 20.9. The lowest BCUT2D eigenvalue weighted by Gasteiger charge is -2.13. The van der Waals surface area contributed by atoms with Crippen molar-refractivity contribution < 1.29 is 14.3 Å². The molecule has 1 atom stereocenters. The third-order valence-corrected chi connectivity index (χ3v) is 1.71. The van der Waals surface area contributed by atoms with Crippen LogP contribution in [0.1, 0.15) is 20.3 Å². The van der Waals surface area contributed by atoms with Gasteiger partial charge in [-0.15, -0.1) is 0 Å². The molecular weight excluding hydrogens is 182 g/mol. The van der Waals surface area contributed by atoms with E-state index in [0.717, 1.165) is 0 Å². The lowest BCUT2D eigenvalue weighted by atomic mass is 10.1. The average molecular weight is 198 g/mol. The fourth-order valence-corrected chi connectivity index (χ4v) is 0.727. The summed E-state index contributed by atoms with van der Waals surface area (Å²) in [7, 11) is 0. The molecule has 0 spiro atoms. The first-order valence-electron chi connectivity index (χ1n) is 4.54. The van der Waals surface area contributed by atoms with Gasteiger partial charge in [0.15, 0.2) is 0 Å². The van der Waals surface area contributed by atoms with Crippen LogP contribution in [0.5, 0.6) is 0 Å². The molecule has 4 nitrogen and oxygen atoms in total. The molecular formula is C10H16NO3. The van der Waals surface area contributed by atoms with Gasteiger partial charge in [0.05, 0.1) is 6.61 Å². The van der Waals surface area contributed by atoms with Crippen molar-refractivity contribution in [2.24, 2.45) is 11.7 Å². The zero-order valence-electron chi connectivity index (χ0n) is 8.53. The van der Waals surface area contributed by atoms with Gasteiger partial charge in [-0.25, -0.2) is 0 Å². The maximum absolute atomic E-state index is 11.2. The molecule has 0 aliphatic rings. The van der Waals surface area contributed by atoms with Crippen LogP contribution in [0.15, 0.2) is 12.2 Å². The minimum Gasteiger partial charge on any atom is -0.464 e. The molecule has 0 fully saturated rings. The Kier molecular flexibility index (Phi) is 6.66. The molecule has 2 N–H and O–H groups in total. The first-order valence-corrected chi connectivity index (χ1v) is 4.54. The largest absolute Gasteiger partial charge is 0.464 e. The SMILES string of the molecule is CC(C)[C@H](N)C(=O)OCC/C=C\[C]=O. The minimum atomic E-state index is -0.573. The molecule has 0 aromatic rings. The maximum Gasteiger partial charge on any atom is 0.323 e. The highest BCUT2D eigenvalue weighted by molar-refractivity contribution is 5.75. The lowest BCUT2D eigenvalue weighted by Crippen LogP contribution is -2.37. The Labute approximate surface area is 84.1 Å². The second-order valence-electron chi connectivity index (χ2n) is 3.25. The predicted octanol–water partition coefficient (Wildman–Crippen LogP) is 0.569. The number of nitrogens with two attached hydrogens (primary N) is 1. The van der Waals surface area contributed by atoms with Crippen LogP contribution in [0.4, 0.5) is 0 Å². The Morgan fingerprint density at radius 3 is 2.71 bits per heavy atom. The number of carbonyl (C=O) groups is 1. The molecule has 0 aromatic heterocycles. The zero-order valence-corrected chi connectivity index (χ0v) is 8.53. The van der Waals surface area contributed by atoms with Gasteiger partial charge in [-0.2, -0.15) is 0 Å². The Balaban J connectivity index is 3.63. The van der Waals surface area contributed by atoms with Gasteiger partial charge in [0.2, 0.25) is 6.29 Å². The van der Waals surface area contributed by atoms with E-state index in [-0.39, 0.29) is 12.5 Å². The lowest BCUT2D eigenvalue weighted by molar-refractivity contribution is -0.146.